The summed E-state index contributed by atoms with van der Waals surface area (Å²) in [5.41, 5.74) is 6.44. The third-order valence-corrected chi connectivity index (χ3v) is 2.32. The van der Waals surface area contributed by atoms with Gasteiger partial charge in [0, 0.05) is 6.54 Å². The van der Waals surface area contributed by atoms with Crippen molar-refractivity contribution in [3.05, 3.63) is 24.0 Å². The van der Waals surface area contributed by atoms with Gasteiger partial charge in [-0.3, -0.25) is 0 Å². The predicted octanol–water partition coefficient (Wildman–Crippen LogP) is 1.39. The lowest BCUT2D eigenvalue weighted by Crippen LogP contribution is -2.05. The van der Waals surface area contributed by atoms with Crippen molar-refractivity contribution in [3.8, 4) is 11.5 Å². The Balaban J connectivity index is 2.57. The van der Waals surface area contributed by atoms with Crippen molar-refractivity contribution in [2.24, 2.45) is 0 Å². The number of hydrogen-bond donors (Lipinski definition) is 1. The van der Waals surface area contributed by atoms with Gasteiger partial charge in [0.25, 0.3) is 0 Å². The lowest BCUT2D eigenvalue weighted by atomic mass is 10.3. The number of nitrogens with two attached hydrogens (primary N) is 1. The van der Waals surface area contributed by atoms with Gasteiger partial charge in [-0.25, -0.2) is 19.3 Å². The quantitative estimate of drug-likeness (QED) is 0.831. The van der Waals surface area contributed by atoms with Gasteiger partial charge in [0.05, 0.1) is 18.2 Å². The maximum atomic E-state index is 13.3. The van der Waals surface area contributed by atoms with Gasteiger partial charge >= 0.3 is 0 Å². The summed E-state index contributed by atoms with van der Waals surface area (Å²) < 4.78 is 15.1. The molecule has 84 valence electrons. The number of nitrogens with zero attached hydrogens (tertiary/aromatic N) is 4. The molecule has 2 aromatic rings. The van der Waals surface area contributed by atoms with Crippen LogP contribution in [0.5, 0.6) is 0 Å². The Morgan fingerprint density at radius 2 is 2.19 bits per heavy atom. The van der Waals surface area contributed by atoms with Crippen LogP contribution >= 0.6 is 0 Å². The van der Waals surface area contributed by atoms with E-state index >= 15 is 0 Å². The molecule has 0 fully saturated rings. The lowest BCUT2D eigenvalue weighted by Gasteiger charge is -2.06. The number of aromatic nitrogens is 4. The number of hydrogen-bond acceptors (Lipinski definition) is 4. The number of rotatable bonds is 2. The first kappa shape index (κ1) is 10.5. The molecule has 6 heteroatoms. The van der Waals surface area contributed by atoms with Crippen LogP contribution in [-0.4, -0.2) is 19.5 Å². The van der Waals surface area contributed by atoms with E-state index in [0.717, 1.165) is 12.2 Å². The van der Waals surface area contributed by atoms with Crippen molar-refractivity contribution >= 4 is 5.82 Å². The summed E-state index contributed by atoms with van der Waals surface area (Å²) in [6, 6.07) is 0. The van der Waals surface area contributed by atoms with Crippen molar-refractivity contribution in [1.29, 1.82) is 0 Å². The smallest absolute Gasteiger partial charge is 0.186 e. The van der Waals surface area contributed by atoms with E-state index in [2.05, 4.69) is 15.0 Å². The molecule has 0 saturated heterocycles. The van der Waals surface area contributed by atoms with Crippen molar-refractivity contribution in [2.45, 2.75) is 20.4 Å². The molecule has 0 amide bonds. The summed E-state index contributed by atoms with van der Waals surface area (Å²) in [5, 5.41) is 0. The van der Waals surface area contributed by atoms with Gasteiger partial charge in [-0.05, 0) is 13.8 Å². The summed E-state index contributed by atoms with van der Waals surface area (Å²) >= 11 is 0. The van der Waals surface area contributed by atoms with Crippen molar-refractivity contribution < 1.29 is 4.39 Å². The molecule has 0 bridgehead atoms. The summed E-state index contributed by atoms with van der Waals surface area (Å²) in [5.74, 6) is -0.298. The average Bonchev–Trinajstić information content (AvgIpc) is 2.73. The van der Waals surface area contributed by atoms with E-state index in [4.69, 9.17) is 5.73 Å². The first-order chi connectivity index (χ1) is 7.63. The zero-order chi connectivity index (χ0) is 11.7. The van der Waals surface area contributed by atoms with E-state index in [1.54, 1.807) is 19.4 Å². The molecule has 2 aromatic heterocycles. The second-order valence-corrected chi connectivity index (χ2v) is 3.40. The van der Waals surface area contributed by atoms with E-state index in [1.165, 1.54) is 0 Å². The summed E-state index contributed by atoms with van der Waals surface area (Å²) in [4.78, 5) is 12.0. The van der Waals surface area contributed by atoms with Crippen molar-refractivity contribution in [3.63, 3.8) is 0 Å². The van der Waals surface area contributed by atoms with Gasteiger partial charge in [-0.1, -0.05) is 0 Å². The van der Waals surface area contributed by atoms with Crippen LogP contribution in [0.1, 0.15) is 12.6 Å². The highest BCUT2D eigenvalue weighted by atomic mass is 19.1. The van der Waals surface area contributed by atoms with Crippen LogP contribution < -0.4 is 5.73 Å². The molecule has 0 aliphatic rings. The summed E-state index contributed by atoms with van der Waals surface area (Å²) in [7, 11) is 0. The number of halogens is 1. The van der Waals surface area contributed by atoms with Crippen molar-refractivity contribution in [2.75, 3.05) is 5.73 Å². The van der Waals surface area contributed by atoms with E-state index in [-0.39, 0.29) is 11.5 Å². The van der Waals surface area contributed by atoms with Crippen LogP contribution in [0.4, 0.5) is 10.2 Å². The summed E-state index contributed by atoms with van der Waals surface area (Å²) in [6.07, 6.45) is 3.31. The second-order valence-electron chi connectivity index (χ2n) is 3.40. The highest BCUT2D eigenvalue weighted by Gasteiger charge is 2.12. The first-order valence-corrected chi connectivity index (χ1v) is 4.93. The number of aryl methyl sites for hydroxylation is 2. The molecular weight excluding hydrogens is 209 g/mol. The van der Waals surface area contributed by atoms with Crippen LogP contribution in [0.25, 0.3) is 11.5 Å². The highest BCUT2D eigenvalue weighted by molar-refractivity contribution is 5.52. The molecule has 0 atom stereocenters. The third kappa shape index (κ3) is 1.62. The zero-order valence-corrected chi connectivity index (χ0v) is 9.11. The Kier molecular flexibility index (Phi) is 2.55. The lowest BCUT2D eigenvalue weighted by molar-refractivity contribution is 0.608. The molecule has 0 unspecified atom stereocenters. The Morgan fingerprint density at radius 1 is 1.44 bits per heavy atom. The molecule has 2 N–H and O–H groups in total. The van der Waals surface area contributed by atoms with Gasteiger partial charge < -0.3 is 10.3 Å². The molecule has 0 saturated carbocycles. The van der Waals surface area contributed by atoms with Gasteiger partial charge in [0.2, 0.25) is 0 Å². The fourth-order valence-electron chi connectivity index (χ4n) is 1.45. The van der Waals surface area contributed by atoms with Gasteiger partial charge in [0.15, 0.2) is 17.5 Å². The van der Waals surface area contributed by atoms with E-state index in [1.807, 2.05) is 11.5 Å². The minimum atomic E-state index is -0.564. The molecule has 0 aliphatic heterocycles. The molecule has 0 aliphatic carbocycles. The molecule has 2 heterocycles. The molecular formula is C10H12FN5. The van der Waals surface area contributed by atoms with E-state index < -0.39 is 5.82 Å². The van der Waals surface area contributed by atoms with Crippen LogP contribution in [-0.2, 0) is 6.54 Å². The van der Waals surface area contributed by atoms with Crippen LogP contribution in [0.3, 0.4) is 0 Å². The van der Waals surface area contributed by atoms with E-state index in [0.29, 0.717) is 5.82 Å². The standard InChI is InChI=1S/C10H12FN5/c1-3-16-5-13-4-7(16)10-14-6(2)8(11)9(12)15-10/h4-5H,3H2,1-2H3,(H2,12,14,15). The Hall–Kier alpha value is -1.98. The topological polar surface area (TPSA) is 69.6 Å². The molecule has 0 radical (unpaired) electrons. The Labute approximate surface area is 92.2 Å². The van der Waals surface area contributed by atoms with Gasteiger partial charge in [-0.2, -0.15) is 0 Å². The SMILES string of the molecule is CCn1cncc1-c1nc(C)c(F)c(N)n1. The average molecular weight is 221 g/mol. The monoisotopic (exact) mass is 221 g/mol. The highest BCUT2D eigenvalue weighted by Crippen LogP contribution is 2.18. The van der Waals surface area contributed by atoms with Gasteiger partial charge in [-0.15, -0.1) is 0 Å². The largest absolute Gasteiger partial charge is 0.381 e. The Morgan fingerprint density at radius 3 is 2.81 bits per heavy atom. The fourth-order valence-corrected chi connectivity index (χ4v) is 1.45. The third-order valence-electron chi connectivity index (χ3n) is 2.32. The molecule has 16 heavy (non-hydrogen) atoms. The second kappa shape index (κ2) is 3.88. The molecule has 0 spiro atoms. The Bertz CT molecular complexity index is 497. The van der Waals surface area contributed by atoms with Crippen LogP contribution in [0.2, 0.25) is 0 Å². The molecule has 0 aromatic carbocycles. The minimum absolute atomic E-state index is 0.133. The van der Waals surface area contributed by atoms with Crippen LogP contribution in [0, 0.1) is 12.7 Å². The predicted molar refractivity (Wildman–Crippen MR) is 58.0 cm³/mol. The molecule has 5 nitrogen and oxygen atoms in total. The maximum Gasteiger partial charge on any atom is 0.186 e. The van der Waals surface area contributed by atoms with Crippen LogP contribution in [0.15, 0.2) is 12.5 Å². The zero-order valence-electron chi connectivity index (χ0n) is 9.11. The number of anilines is 1. The van der Waals surface area contributed by atoms with Gasteiger partial charge in [0.1, 0.15) is 5.69 Å². The fraction of sp³-hybridized carbons (Fsp3) is 0.300. The number of nitrogen functional groups attached to an aromatic ring is 1. The minimum Gasteiger partial charge on any atom is -0.381 e. The number of imidazole rings is 1. The maximum absolute atomic E-state index is 13.3. The summed E-state index contributed by atoms with van der Waals surface area (Å²) in [6.45, 7) is 4.28. The normalized spacial score (nSPS) is 10.7. The first-order valence-electron chi connectivity index (χ1n) is 4.93. The van der Waals surface area contributed by atoms with Crippen molar-refractivity contribution in [1.82, 2.24) is 19.5 Å². The van der Waals surface area contributed by atoms with E-state index in [9.17, 15) is 4.39 Å². The molecule has 2 rings (SSSR count).